The van der Waals surface area contributed by atoms with Gasteiger partial charge in [0.05, 0.1) is 19.8 Å². The van der Waals surface area contributed by atoms with Gasteiger partial charge in [0, 0.05) is 19.6 Å². The third kappa shape index (κ3) is 13.7. The predicted molar refractivity (Wildman–Crippen MR) is 106 cm³/mol. The molecule has 6 heteroatoms. The fourth-order valence-corrected chi connectivity index (χ4v) is 2.05. The number of benzene rings is 1. The fraction of sp³-hybridized carbons (Fsp3) is 0.524. The standard InChI is InChI=1S/C21H31NO5/c1-21(2,3)27-20(24)22-13-15-26-17-16-25-14-7-10-19(23)12-11-18-8-5-4-6-9-18/h4-6,8-9,11-12H,7,10,13-17H2,1-3H3,(H,22,24)/b12-11+. The molecule has 0 saturated heterocycles. The Morgan fingerprint density at radius 3 is 2.33 bits per heavy atom. The molecule has 0 aromatic heterocycles. The fourth-order valence-electron chi connectivity index (χ4n) is 2.05. The highest BCUT2D eigenvalue weighted by atomic mass is 16.6. The van der Waals surface area contributed by atoms with Crippen LogP contribution in [0, 0.1) is 0 Å². The molecular formula is C21H31NO5. The third-order valence-corrected chi connectivity index (χ3v) is 3.26. The predicted octanol–water partition coefficient (Wildman–Crippen LogP) is 3.61. The minimum absolute atomic E-state index is 0.0897. The number of amides is 1. The van der Waals surface area contributed by atoms with E-state index in [0.717, 1.165) is 5.56 Å². The summed E-state index contributed by atoms with van der Waals surface area (Å²) in [4.78, 5) is 23.2. The first kappa shape index (κ1) is 22.9. The van der Waals surface area contributed by atoms with Crippen molar-refractivity contribution in [1.29, 1.82) is 0 Å². The molecule has 1 amide bonds. The number of ketones is 1. The van der Waals surface area contributed by atoms with Crippen LogP contribution in [0.5, 0.6) is 0 Å². The number of hydrogen-bond acceptors (Lipinski definition) is 5. The number of rotatable bonds is 12. The molecule has 1 N–H and O–H groups in total. The van der Waals surface area contributed by atoms with Crippen LogP contribution in [-0.4, -0.2) is 50.4 Å². The van der Waals surface area contributed by atoms with Crippen LogP contribution in [0.4, 0.5) is 4.79 Å². The summed E-state index contributed by atoms with van der Waals surface area (Å²) in [5, 5.41) is 2.62. The van der Waals surface area contributed by atoms with Crippen molar-refractivity contribution in [2.45, 2.75) is 39.2 Å². The van der Waals surface area contributed by atoms with E-state index in [0.29, 0.717) is 45.8 Å². The molecule has 0 heterocycles. The summed E-state index contributed by atoms with van der Waals surface area (Å²) in [7, 11) is 0. The summed E-state index contributed by atoms with van der Waals surface area (Å²) >= 11 is 0. The Hall–Kier alpha value is -2.18. The summed E-state index contributed by atoms with van der Waals surface area (Å²) in [6.07, 6.45) is 4.12. The molecule has 150 valence electrons. The highest BCUT2D eigenvalue weighted by molar-refractivity contribution is 5.93. The highest BCUT2D eigenvalue weighted by Crippen LogP contribution is 2.06. The largest absolute Gasteiger partial charge is 0.444 e. The molecule has 6 nitrogen and oxygen atoms in total. The SMILES string of the molecule is CC(C)(C)OC(=O)NCCOCCOCCCC(=O)/C=C/c1ccccc1. The molecular weight excluding hydrogens is 346 g/mol. The average molecular weight is 377 g/mol. The normalized spacial score (nSPS) is 11.5. The lowest BCUT2D eigenvalue weighted by Crippen LogP contribution is -2.34. The molecule has 0 bridgehead atoms. The number of carbonyl (C=O) groups is 2. The first-order valence-corrected chi connectivity index (χ1v) is 9.25. The van der Waals surface area contributed by atoms with Gasteiger partial charge in [-0.05, 0) is 38.8 Å². The quantitative estimate of drug-likeness (QED) is 0.445. The summed E-state index contributed by atoms with van der Waals surface area (Å²) in [6, 6.07) is 9.73. The molecule has 0 fully saturated rings. The Morgan fingerprint density at radius 1 is 1.00 bits per heavy atom. The molecule has 0 aliphatic rings. The number of hydrogen-bond donors (Lipinski definition) is 1. The summed E-state index contributed by atoms with van der Waals surface area (Å²) in [5.41, 5.74) is 0.512. The van der Waals surface area contributed by atoms with Gasteiger partial charge in [-0.3, -0.25) is 4.79 Å². The second-order valence-electron chi connectivity index (χ2n) is 6.97. The lowest BCUT2D eigenvalue weighted by atomic mass is 10.1. The van der Waals surface area contributed by atoms with Crippen LogP contribution in [-0.2, 0) is 19.0 Å². The third-order valence-electron chi connectivity index (χ3n) is 3.26. The zero-order chi connectivity index (χ0) is 20.0. The number of carbonyl (C=O) groups excluding carboxylic acids is 2. The van der Waals surface area contributed by atoms with E-state index in [2.05, 4.69) is 5.32 Å². The van der Waals surface area contributed by atoms with Crippen molar-refractivity contribution in [2.24, 2.45) is 0 Å². The molecule has 0 saturated carbocycles. The van der Waals surface area contributed by atoms with Crippen LogP contribution in [0.25, 0.3) is 6.08 Å². The van der Waals surface area contributed by atoms with Crippen LogP contribution < -0.4 is 5.32 Å². The Morgan fingerprint density at radius 2 is 1.67 bits per heavy atom. The van der Waals surface area contributed by atoms with Crippen molar-refractivity contribution in [3.05, 3.63) is 42.0 Å². The van der Waals surface area contributed by atoms with Crippen molar-refractivity contribution in [3.8, 4) is 0 Å². The van der Waals surface area contributed by atoms with Gasteiger partial charge in [0.1, 0.15) is 5.60 Å². The number of allylic oxidation sites excluding steroid dienone is 1. The molecule has 0 spiro atoms. The molecule has 1 aromatic rings. The molecule has 1 rings (SSSR count). The lowest BCUT2D eigenvalue weighted by molar-refractivity contribution is -0.114. The van der Waals surface area contributed by atoms with E-state index >= 15 is 0 Å². The van der Waals surface area contributed by atoms with E-state index in [1.807, 2.05) is 57.2 Å². The van der Waals surface area contributed by atoms with E-state index in [-0.39, 0.29) is 5.78 Å². The molecule has 0 aliphatic heterocycles. The molecule has 0 unspecified atom stereocenters. The number of ether oxygens (including phenoxy) is 3. The minimum Gasteiger partial charge on any atom is -0.444 e. The van der Waals surface area contributed by atoms with Crippen LogP contribution in [0.2, 0.25) is 0 Å². The monoisotopic (exact) mass is 377 g/mol. The molecule has 0 atom stereocenters. The maximum Gasteiger partial charge on any atom is 0.407 e. The smallest absolute Gasteiger partial charge is 0.407 e. The molecule has 1 aromatic carbocycles. The van der Waals surface area contributed by atoms with E-state index in [4.69, 9.17) is 14.2 Å². The van der Waals surface area contributed by atoms with Gasteiger partial charge in [-0.25, -0.2) is 4.79 Å². The van der Waals surface area contributed by atoms with Crippen molar-refractivity contribution in [3.63, 3.8) is 0 Å². The maximum absolute atomic E-state index is 11.8. The Labute approximate surface area is 161 Å². The average Bonchev–Trinajstić information content (AvgIpc) is 2.61. The minimum atomic E-state index is -0.502. The zero-order valence-corrected chi connectivity index (χ0v) is 16.5. The van der Waals surface area contributed by atoms with Gasteiger partial charge in [0.15, 0.2) is 5.78 Å². The highest BCUT2D eigenvalue weighted by Gasteiger charge is 2.15. The van der Waals surface area contributed by atoms with Crippen molar-refractivity contribution < 1.29 is 23.8 Å². The first-order chi connectivity index (χ1) is 12.9. The van der Waals surface area contributed by atoms with Gasteiger partial charge in [0.25, 0.3) is 0 Å². The van der Waals surface area contributed by atoms with Gasteiger partial charge in [-0.15, -0.1) is 0 Å². The lowest BCUT2D eigenvalue weighted by Gasteiger charge is -2.19. The molecule has 0 aliphatic carbocycles. The molecule has 0 radical (unpaired) electrons. The van der Waals surface area contributed by atoms with E-state index < -0.39 is 11.7 Å². The van der Waals surface area contributed by atoms with Crippen molar-refractivity contribution in [2.75, 3.05) is 33.0 Å². The van der Waals surface area contributed by atoms with Gasteiger partial charge in [-0.2, -0.15) is 0 Å². The molecule has 27 heavy (non-hydrogen) atoms. The van der Waals surface area contributed by atoms with Crippen LogP contribution in [0.1, 0.15) is 39.2 Å². The second kappa shape index (κ2) is 13.1. The topological polar surface area (TPSA) is 73.9 Å². The summed E-state index contributed by atoms with van der Waals surface area (Å²) in [5.74, 6) is 0.0897. The summed E-state index contributed by atoms with van der Waals surface area (Å²) < 4.78 is 15.9. The number of alkyl carbamates (subject to hydrolysis) is 1. The van der Waals surface area contributed by atoms with Crippen molar-refractivity contribution >= 4 is 18.0 Å². The Bertz CT molecular complexity index is 578. The number of nitrogens with one attached hydrogen (secondary N) is 1. The Balaban J connectivity index is 1.92. The zero-order valence-electron chi connectivity index (χ0n) is 16.5. The van der Waals surface area contributed by atoms with Gasteiger partial charge >= 0.3 is 6.09 Å². The van der Waals surface area contributed by atoms with Crippen LogP contribution in [0.3, 0.4) is 0 Å². The van der Waals surface area contributed by atoms with Crippen LogP contribution in [0.15, 0.2) is 36.4 Å². The summed E-state index contributed by atoms with van der Waals surface area (Å²) in [6.45, 7) is 7.64. The van der Waals surface area contributed by atoms with Crippen molar-refractivity contribution in [1.82, 2.24) is 5.32 Å². The van der Waals surface area contributed by atoms with Gasteiger partial charge < -0.3 is 19.5 Å². The Kier molecular flexibility index (Phi) is 11.1. The first-order valence-electron chi connectivity index (χ1n) is 9.25. The maximum atomic E-state index is 11.8. The van der Waals surface area contributed by atoms with E-state index in [1.165, 1.54) is 0 Å². The van der Waals surface area contributed by atoms with E-state index in [1.54, 1.807) is 6.08 Å². The van der Waals surface area contributed by atoms with E-state index in [9.17, 15) is 9.59 Å². The van der Waals surface area contributed by atoms with Gasteiger partial charge in [0.2, 0.25) is 0 Å². The van der Waals surface area contributed by atoms with Gasteiger partial charge in [-0.1, -0.05) is 36.4 Å². The van der Waals surface area contributed by atoms with Crippen LogP contribution >= 0.6 is 0 Å². The second-order valence-corrected chi connectivity index (χ2v) is 6.97.